The zero-order valence-corrected chi connectivity index (χ0v) is 15.3. The molecule has 2 N–H and O–H groups in total. The van der Waals surface area contributed by atoms with Gasteiger partial charge in [-0.05, 0) is 43.5 Å². The summed E-state index contributed by atoms with van der Waals surface area (Å²) in [4.78, 5) is 20.9. The van der Waals surface area contributed by atoms with Gasteiger partial charge < -0.3 is 10.6 Å². The van der Waals surface area contributed by atoms with Gasteiger partial charge in [0.15, 0.2) is 0 Å². The van der Waals surface area contributed by atoms with Crippen molar-refractivity contribution in [2.45, 2.75) is 45.1 Å². The Morgan fingerprint density at radius 1 is 1.17 bits per heavy atom. The fraction of sp³-hybridized carbons (Fsp3) is 0.389. The zero-order valence-electron chi connectivity index (χ0n) is 13.7. The molecule has 0 atom stereocenters. The summed E-state index contributed by atoms with van der Waals surface area (Å²) >= 11 is 3.42. The number of aryl methyl sites for hydroxylation is 1. The number of benzene rings is 1. The van der Waals surface area contributed by atoms with E-state index in [0.29, 0.717) is 17.6 Å². The first-order valence-electron chi connectivity index (χ1n) is 8.28. The number of hydrogen-bond donors (Lipinski definition) is 2. The van der Waals surface area contributed by atoms with Crippen LogP contribution in [0.15, 0.2) is 35.1 Å². The average Bonchev–Trinajstić information content (AvgIpc) is 2.59. The van der Waals surface area contributed by atoms with Gasteiger partial charge >= 0.3 is 0 Å². The van der Waals surface area contributed by atoms with Gasteiger partial charge in [-0.15, -0.1) is 0 Å². The normalized spacial score (nSPS) is 15.1. The van der Waals surface area contributed by atoms with Crippen molar-refractivity contribution in [3.05, 3.63) is 46.2 Å². The summed E-state index contributed by atoms with van der Waals surface area (Å²) in [6, 6.07) is 6.18. The number of nitrogens with one attached hydrogen (secondary N) is 2. The number of amides is 1. The minimum absolute atomic E-state index is 0.204. The Kier molecular flexibility index (Phi) is 5.45. The van der Waals surface area contributed by atoms with Crippen LogP contribution in [0.2, 0.25) is 0 Å². The molecule has 5 nitrogen and oxygen atoms in total. The van der Waals surface area contributed by atoms with Gasteiger partial charge in [0.2, 0.25) is 5.95 Å². The van der Waals surface area contributed by atoms with Crippen molar-refractivity contribution < 1.29 is 4.79 Å². The van der Waals surface area contributed by atoms with Crippen LogP contribution < -0.4 is 10.6 Å². The van der Waals surface area contributed by atoms with E-state index in [1.165, 1.54) is 19.3 Å². The molecule has 1 heterocycles. The first-order chi connectivity index (χ1) is 11.6. The number of hydrogen-bond acceptors (Lipinski definition) is 4. The summed E-state index contributed by atoms with van der Waals surface area (Å²) in [5.74, 6) is 0.392. The molecule has 0 radical (unpaired) electrons. The Bertz CT molecular complexity index is 711. The fourth-order valence-electron chi connectivity index (χ4n) is 2.91. The van der Waals surface area contributed by atoms with Crippen molar-refractivity contribution in [1.29, 1.82) is 0 Å². The van der Waals surface area contributed by atoms with E-state index in [1.807, 2.05) is 25.1 Å². The van der Waals surface area contributed by atoms with Crippen molar-refractivity contribution in [2.24, 2.45) is 0 Å². The molecule has 0 bridgehead atoms. The Balaban J connectivity index is 1.62. The molecule has 1 amide bonds. The highest BCUT2D eigenvalue weighted by molar-refractivity contribution is 9.10. The molecule has 1 aromatic carbocycles. The van der Waals surface area contributed by atoms with Crippen molar-refractivity contribution in [2.75, 3.05) is 10.6 Å². The summed E-state index contributed by atoms with van der Waals surface area (Å²) in [5, 5.41) is 6.25. The molecule has 0 spiro atoms. The van der Waals surface area contributed by atoms with E-state index in [0.717, 1.165) is 28.6 Å². The summed E-state index contributed by atoms with van der Waals surface area (Å²) in [6.07, 6.45) is 9.29. The van der Waals surface area contributed by atoms with Crippen LogP contribution in [0.25, 0.3) is 0 Å². The molecule has 2 aromatic rings. The monoisotopic (exact) mass is 388 g/mol. The number of anilines is 2. The van der Waals surface area contributed by atoms with E-state index in [2.05, 4.69) is 36.5 Å². The SMILES string of the molecule is Cc1cc(Br)ccc1NC(=O)c1cnc(NC2CCCCC2)nc1. The number of carbonyl (C=O) groups is 1. The van der Waals surface area contributed by atoms with Gasteiger partial charge in [0.05, 0.1) is 5.56 Å². The third-order valence-corrected chi connectivity index (χ3v) is 4.78. The van der Waals surface area contributed by atoms with E-state index in [-0.39, 0.29) is 5.91 Å². The Hall–Kier alpha value is -1.95. The molecular formula is C18H21BrN4O. The maximum atomic E-state index is 12.3. The number of halogens is 1. The molecule has 6 heteroatoms. The van der Waals surface area contributed by atoms with Crippen molar-refractivity contribution in [3.8, 4) is 0 Å². The van der Waals surface area contributed by atoms with Crippen LogP contribution in [0.1, 0.15) is 48.0 Å². The van der Waals surface area contributed by atoms with Gasteiger partial charge in [-0.2, -0.15) is 0 Å². The van der Waals surface area contributed by atoms with Crippen LogP contribution in [0.3, 0.4) is 0 Å². The molecule has 0 saturated heterocycles. The molecule has 24 heavy (non-hydrogen) atoms. The highest BCUT2D eigenvalue weighted by atomic mass is 79.9. The molecule has 1 aliphatic rings. The van der Waals surface area contributed by atoms with Gasteiger partial charge in [0.25, 0.3) is 5.91 Å². The van der Waals surface area contributed by atoms with Crippen LogP contribution in [0, 0.1) is 6.92 Å². The predicted molar refractivity (Wildman–Crippen MR) is 99.4 cm³/mol. The second-order valence-corrected chi connectivity index (χ2v) is 7.10. The smallest absolute Gasteiger partial charge is 0.258 e. The quantitative estimate of drug-likeness (QED) is 0.806. The highest BCUT2D eigenvalue weighted by Crippen LogP contribution is 2.21. The lowest BCUT2D eigenvalue weighted by atomic mass is 9.96. The first kappa shape index (κ1) is 16.9. The van der Waals surface area contributed by atoms with E-state index in [1.54, 1.807) is 12.4 Å². The van der Waals surface area contributed by atoms with E-state index < -0.39 is 0 Å². The van der Waals surface area contributed by atoms with Crippen LogP contribution >= 0.6 is 15.9 Å². The third-order valence-electron chi connectivity index (χ3n) is 4.29. The molecule has 126 valence electrons. The number of nitrogens with zero attached hydrogens (tertiary/aromatic N) is 2. The van der Waals surface area contributed by atoms with Gasteiger partial charge in [0.1, 0.15) is 0 Å². The Labute approximate surface area is 150 Å². The molecule has 3 rings (SSSR count). The topological polar surface area (TPSA) is 66.9 Å². The fourth-order valence-corrected chi connectivity index (χ4v) is 3.39. The third kappa shape index (κ3) is 4.32. The maximum absolute atomic E-state index is 12.3. The molecular weight excluding hydrogens is 368 g/mol. The largest absolute Gasteiger partial charge is 0.351 e. The van der Waals surface area contributed by atoms with Gasteiger partial charge in [-0.3, -0.25) is 4.79 Å². The second kappa shape index (κ2) is 7.75. The summed E-state index contributed by atoms with van der Waals surface area (Å²) in [7, 11) is 0. The molecule has 0 aliphatic heterocycles. The van der Waals surface area contributed by atoms with Crippen LogP contribution in [0.4, 0.5) is 11.6 Å². The summed E-state index contributed by atoms with van der Waals surface area (Å²) in [6.45, 7) is 1.95. The minimum atomic E-state index is -0.204. The van der Waals surface area contributed by atoms with E-state index >= 15 is 0 Å². The van der Waals surface area contributed by atoms with Crippen LogP contribution in [0.5, 0.6) is 0 Å². The average molecular weight is 389 g/mol. The Morgan fingerprint density at radius 3 is 2.54 bits per heavy atom. The minimum Gasteiger partial charge on any atom is -0.351 e. The molecule has 1 aromatic heterocycles. The molecule has 1 fully saturated rings. The maximum Gasteiger partial charge on any atom is 0.258 e. The van der Waals surface area contributed by atoms with Crippen LogP contribution in [-0.4, -0.2) is 21.9 Å². The molecule has 1 saturated carbocycles. The number of rotatable bonds is 4. The Morgan fingerprint density at radius 2 is 1.88 bits per heavy atom. The summed E-state index contributed by atoms with van der Waals surface area (Å²) < 4.78 is 0.986. The van der Waals surface area contributed by atoms with Crippen molar-refractivity contribution in [1.82, 2.24) is 9.97 Å². The highest BCUT2D eigenvalue weighted by Gasteiger charge is 2.15. The number of carbonyl (C=O) groups excluding carboxylic acids is 1. The lowest BCUT2D eigenvalue weighted by Crippen LogP contribution is -2.23. The summed E-state index contributed by atoms with van der Waals surface area (Å²) in [5.41, 5.74) is 2.23. The first-order valence-corrected chi connectivity index (χ1v) is 9.07. The van der Waals surface area contributed by atoms with E-state index in [4.69, 9.17) is 0 Å². The second-order valence-electron chi connectivity index (χ2n) is 6.19. The van der Waals surface area contributed by atoms with Gasteiger partial charge in [-0.1, -0.05) is 35.2 Å². The molecule has 1 aliphatic carbocycles. The lowest BCUT2D eigenvalue weighted by Gasteiger charge is -2.22. The zero-order chi connectivity index (χ0) is 16.9. The van der Waals surface area contributed by atoms with E-state index in [9.17, 15) is 4.79 Å². The van der Waals surface area contributed by atoms with Gasteiger partial charge in [0, 0.05) is 28.6 Å². The van der Waals surface area contributed by atoms with Gasteiger partial charge in [-0.25, -0.2) is 9.97 Å². The standard InChI is InChI=1S/C18H21BrN4O/c1-12-9-14(19)7-8-16(12)23-17(24)13-10-20-18(21-11-13)22-15-5-3-2-4-6-15/h7-11,15H,2-6H2,1H3,(H,23,24)(H,20,21,22). The molecule has 0 unspecified atom stereocenters. The van der Waals surface area contributed by atoms with Crippen molar-refractivity contribution >= 4 is 33.5 Å². The number of aromatic nitrogens is 2. The predicted octanol–water partition coefficient (Wildman–Crippen LogP) is 4.54. The lowest BCUT2D eigenvalue weighted by molar-refractivity contribution is 0.102. The van der Waals surface area contributed by atoms with Crippen molar-refractivity contribution in [3.63, 3.8) is 0 Å². The van der Waals surface area contributed by atoms with Crippen LogP contribution in [-0.2, 0) is 0 Å².